The Bertz CT molecular complexity index is 661. The number of esters is 1. The van der Waals surface area contributed by atoms with Gasteiger partial charge in [0.15, 0.2) is 0 Å². The lowest BCUT2D eigenvalue weighted by molar-refractivity contribution is -0.385. The van der Waals surface area contributed by atoms with Gasteiger partial charge in [-0.1, -0.05) is 0 Å². The number of benzene rings is 1. The van der Waals surface area contributed by atoms with Gasteiger partial charge in [0.1, 0.15) is 16.8 Å². The molecule has 0 aliphatic heterocycles. The van der Waals surface area contributed by atoms with Gasteiger partial charge in [0, 0.05) is 6.07 Å². The SMILES string of the molecule is CCOC(=O)C(C)NS(=O)(=O)c1ccc([N+](=O)[O-])cc1F. The van der Waals surface area contributed by atoms with Gasteiger partial charge in [0.25, 0.3) is 5.69 Å². The first-order chi connectivity index (χ1) is 9.69. The Morgan fingerprint density at radius 2 is 2.14 bits per heavy atom. The fourth-order valence-electron chi connectivity index (χ4n) is 1.43. The second-order valence-electron chi connectivity index (χ2n) is 3.97. The van der Waals surface area contributed by atoms with E-state index in [4.69, 9.17) is 0 Å². The molecule has 1 unspecified atom stereocenters. The van der Waals surface area contributed by atoms with E-state index in [1.807, 2.05) is 4.72 Å². The smallest absolute Gasteiger partial charge is 0.323 e. The van der Waals surface area contributed by atoms with E-state index >= 15 is 0 Å². The van der Waals surface area contributed by atoms with Crippen LogP contribution in [0.2, 0.25) is 0 Å². The number of nitrogens with one attached hydrogen (secondary N) is 1. The number of nitro benzene ring substituents is 1. The number of non-ortho nitro benzene ring substituents is 1. The number of hydrogen-bond acceptors (Lipinski definition) is 6. The summed E-state index contributed by atoms with van der Waals surface area (Å²) in [6.07, 6.45) is 0. The monoisotopic (exact) mass is 320 g/mol. The van der Waals surface area contributed by atoms with Crippen LogP contribution in [0, 0.1) is 15.9 Å². The molecule has 0 aromatic heterocycles. The van der Waals surface area contributed by atoms with Gasteiger partial charge < -0.3 is 4.74 Å². The quantitative estimate of drug-likeness (QED) is 0.474. The summed E-state index contributed by atoms with van der Waals surface area (Å²) < 4.78 is 44.1. The third-order valence-corrected chi connectivity index (χ3v) is 3.96. The number of carbonyl (C=O) groups excluding carboxylic acids is 1. The Morgan fingerprint density at radius 1 is 1.52 bits per heavy atom. The summed E-state index contributed by atoms with van der Waals surface area (Å²) in [5.41, 5.74) is -0.579. The summed E-state index contributed by atoms with van der Waals surface area (Å²) in [5, 5.41) is 10.5. The molecule has 10 heteroatoms. The van der Waals surface area contributed by atoms with Crippen LogP contribution < -0.4 is 4.72 Å². The van der Waals surface area contributed by atoms with Crippen molar-refractivity contribution in [3.05, 3.63) is 34.1 Å². The van der Waals surface area contributed by atoms with Gasteiger partial charge in [-0.2, -0.15) is 4.72 Å². The number of rotatable bonds is 6. The van der Waals surface area contributed by atoms with Crippen molar-refractivity contribution in [2.24, 2.45) is 0 Å². The van der Waals surface area contributed by atoms with Crippen LogP contribution in [0.4, 0.5) is 10.1 Å². The van der Waals surface area contributed by atoms with Gasteiger partial charge in [-0.05, 0) is 19.9 Å². The minimum absolute atomic E-state index is 0.0663. The molecule has 1 N–H and O–H groups in total. The van der Waals surface area contributed by atoms with Crippen molar-refractivity contribution in [2.75, 3.05) is 6.61 Å². The standard InChI is InChI=1S/C11H13FN2O6S/c1-3-20-11(15)7(2)13-21(18,19)10-5-4-8(14(16)17)6-9(10)12/h4-7,13H,3H2,1-2H3. The molecule has 0 radical (unpaired) electrons. The molecule has 0 heterocycles. The molecule has 0 saturated carbocycles. The molecule has 1 rings (SSSR count). The molecule has 0 saturated heterocycles. The van der Waals surface area contributed by atoms with E-state index in [1.165, 1.54) is 6.92 Å². The van der Waals surface area contributed by atoms with E-state index in [1.54, 1.807) is 6.92 Å². The van der Waals surface area contributed by atoms with Crippen molar-refractivity contribution < 1.29 is 27.3 Å². The van der Waals surface area contributed by atoms with Crippen molar-refractivity contribution in [2.45, 2.75) is 24.8 Å². The number of ether oxygens (including phenoxy) is 1. The molecular formula is C11H13FN2O6S. The second kappa shape index (κ2) is 6.59. The van der Waals surface area contributed by atoms with Crippen LogP contribution in [-0.2, 0) is 19.6 Å². The first-order valence-electron chi connectivity index (χ1n) is 5.82. The number of halogens is 1. The summed E-state index contributed by atoms with van der Waals surface area (Å²) in [6.45, 7) is 2.85. The lowest BCUT2D eigenvalue weighted by atomic mass is 10.3. The normalized spacial score (nSPS) is 12.7. The largest absolute Gasteiger partial charge is 0.465 e. The highest BCUT2D eigenvalue weighted by Crippen LogP contribution is 2.20. The Hall–Kier alpha value is -2.07. The van der Waals surface area contributed by atoms with Crippen molar-refractivity contribution in [1.29, 1.82) is 0 Å². The van der Waals surface area contributed by atoms with Crippen LogP contribution in [0.5, 0.6) is 0 Å². The maximum Gasteiger partial charge on any atom is 0.323 e. The molecule has 0 amide bonds. The number of hydrogen-bond donors (Lipinski definition) is 1. The topological polar surface area (TPSA) is 116 Å². The molecule has 0 aliphatic rings. The van der Waals surface area contributed by atoms with Crippen LogP contribution in [0.15, 0.2) is 23.1 Å². The summed E-state index contributed by atoms with van der Waals surface area (Å²) in [6, 6.07) is 0.883. The van der Waals surface area contributed by atoms with E-state index in [2.05, 4.69) is 4.74 Å². The van der Waals surface area contributed by atoms with Gasteiger partial charge in [0.05, 0.1) is 17.6 Å². The van der Waals surface area contributed by atoms with Gasteiger partial charge in [0.2, 0.25) is 10.0 Å². The molecule has 0 aliphatic carbocycles. The van der Waals surface area contributed by atoms with Crippen LogP contribution in [-0.4, -0.2) is 32.0 Å². The lowest BCUT2D eigenvalue weighted by Gasteiger charge is -2.13. The Morgan fingerprint density at radius 3 is 2.62 bits per heavy atom. The molecule has 21 heavy (non-hydrogen) atoms. The fourth-order valence-corrected chi connectivity index (χ4v) is 2.68. The third kappa shape index (κ3) is 4.20. The van der Waals surface area contributed by atoms with Gasteiger partial charge in [-0.25, -0.2) is 12.8 Å². The number of carbonyl (C=O) groups is 1. The lowest BCUT2D eigenvalue weighted by Crippen LogP contribution is -2.39. The summed E-state index contributed by atoms with van der Waals surface area (Å²) in [5.74, 6) is -2.10. The van der Waals surface area contributed by atoms with Gasteiger partial charge >= 0.3 is 5.97 Å². The number of nitro groups is 1. The molecule has 8 nitrogen and oxygen atoms in total. The maximum absolute atomic E-state index is 13.7. The van der Waals surface area contributed by atoms with Crippen molar-refractivity contribution >= 4 is 21.7 Å². The average Bonchev–Trinajstić information content (AvgIpc) is 2.37. The maximum atomic E-state index is 13.7. The summed E-state index contributed by atoms with van der Waals surface area (Å²) in [7, 11) is -4.34. The van der Waals surface area contributed by atoms with E-state index in [9.17, 15) is 27.7 Å². The van der Waals surface area contributed by atoms with Crippen LogP contribution in [0.25, 0.3) is 0 Å². The van der Waals surface area contributed by atoms with Gasteiger partial charge in [-0.15, -0.1) is 0 Å². The van der Waals surface area contributed by atoms with E-state index in [-0.39, 0.29) is 6.61 Å². The van der Waals surface area contributed by atoms with E-state index < -0.39 is 43.4 Å². The van der Waals surface area contributed by atoms with Crippen LogP contribution >= 0.6 is 0 Å². The highest BCUT2D eigenvalue weighted by molar-refractivity contribution is 7.89. The Labute approximate surface area is 120 Å². The highest BCUT2D eigenvalue weighted by Gasteiger charge is 2.26. The third-order valence-electron chi connectivity index (χ3n) is 2.39. The molecule has 0 bridgehead atoms. The minimum atomic E-state index is -4.34. The van der Waals surface area contributed by atoms with Gasteiger partial charge in [-0.3, -0.25) is 14.9 Å². The zero-order valence-corrected chi connectivity index (χ0v) is 12.0. The molecule has 1 aromatic rings. The predicted octanol–water partition coefficient (Wildman–Crippen LogP) is 0.964. The molecule has 0 fully saturated rings. The molecule has 1 aromatic carbocycles. The second-order valence-corrected chi connectivity index (χ2v) is 5.65. The van der Waals surface area contributed by atoms with E-state index in [0.717, 1.165) is 12.1 Å². The van der Waals surface area contributed by atoms with Crippen LogP contribution in [0.3, 0.4) is 0 Å². The molecule has 1 atom stereocenters. The zero-order valence-electron chi connectivity index (χ0n) is 11.2. The van der Waals surface area contributed by atoms with E-state index in [0.29, 0.717) is 6.07 Å². The van der Waals surface area contributed by atoms with Crippen molar-refractivity contribution in [1.82, 2.24) is 4.72 Å². The van der Waals surface area contributed by atoms with Crippen molar-refractivity contribution in [3.8, 4) is 0 Å². The molecule has 0 spiro atoms. The number of sulfonamides is 1. The Kier molecular flexibility index (Phi) is 5.33. The summed E-state index contributed by atoms with van der Waals surface area (Å²) >= 11 is 0. The van der Waals surface area contributed by atoms with Crippen LogP contribution in [0.1, 0.15) is 13.8 Å². The minimum Gasteiger partial charge on any atom is -0.465 e. The zero-order chi connectivity index (χ0) is 16.2. The highest BCUT2D eigenvalue weighted by atomic mass is 32.2. The first kappa shape index (κ1) is 17.0. The summed E-state index contributed by atoms with van der Waals surface area (Å²) in [4.78, 5) is 20.2. The van der Waals surface area contributed by atoms with Crippen molar-refractivity contribution in [3.63, 3.8) is 0 Å². The molecular weight excluding hydrogens is 307 g/mol. The first-order valence-corrected chi connectivity index (χ1v) is 7.30. The number of nitrogens with zero attached hydrogens (tertiary/aromatic N) is 1. The Balaban J connectivity index is 3.03. The average molecular weight is 320 g/mol. The fraction of sp³-hybridized carbons (Fsp3) is 0.364. The molecule has 116 valence electrons. The predicted molar refractivity (Wildman–Crippen MR) is 69.5 cm³/mol.